The van der Waals surface area contributed by atoms with Crippen LogP contribution in [0.25, 0.3) is 0 Å². The van der Waals surface area contributed by atoms with Gasteiger partial charge < -0.3 is 4.74 Å². The van der Waals surface area contributed by atoms with Crippen molar-refractivity contribution < 1.29 is 18.3 Å². The number of hydrogen-bond donors (Lipinski definition) is 0. The molecule has 2 nitrogen and oxygen atoms in total. The van der Waals surface area contributed by atoms with Crippen LogP contribution < -0.4 is 0 Å². The molecule has 0 N–H and O–H groups in total. The van der Waals surface area contributed by atoms with Crippen LogP contribution >= 0.6 is 0 Å². The van der Waals surface area contributed by atoms with Crippen LogP contribution in [0.5, 0.6) is 0 Å². The van der Waals surface area contributed by atoms with E-state index in [-0.39, 0.29) is 6.10 Å². The lowest BCUT2D eigenvalue weighted by atomic mass is 9.17. The predicted molar refractivity (Wildman–Crippen MR) is 50.7 cm³/mol. The van der Waals surface area contributed by atoms with Crippen molar-refractivity contribution in [3.63, 3.8) is 0 Å². The number of halogens is 2. The predicted octanol–water partition coefficient (Wildman–Crippen LogP) is 2.23. The lowest BCUT2D eigenvalue weighted by Crippen LogP contribution is -2.86. The number of ether oxygens (including phenoxy) is 1. The fraction of sp³-hybridized carbons (Fsp3) is 0.917. The molecular formula is C12H14F2O2. The van der Waals surface area contributed by atoms with E-state index >= 15 is 0 Å². The lowest BCUT2D eigenvalue weighted by Gasteiger charge is -2.87. The Balaban J connectivity index is 1.47. The molecule has 88 valence electrons. The summed E-state index contributed by atoms with van der Waals surface area (Å²) in [7, 11) is 0. The monoisotopic (exact) mass is 228 g/mol. The van der Waals surface area contributed by atoms with Gasteiger partial charge in [0.05, 0.1) is 0 Å². The van der Waals surface area contributed by atoms with Gasteiger partial charge in [-0.15, -0.1) is 0 Å². The van der Waals surface area contributed by atoms with Crippen LogP contribution in [0.4, 0.5) is 8.78 Å². The van der Waals surface area contributed by atoms with Crippen LogP contribution in [0.15, 0.2) is 0 Å². The van der Waals surface area contributed by atoms with E-state index in [4.69, 9.17) is 4.74 Å². The van der Waals surface area contributed by atoms with Crippen molar-refractivity contribution in [3.8, 4) is 0 Å². The Hall–Kier alpha value is -0.670. The average molecular weight is 228 g/mol. The van der Waals surface area contributed by atoms with E-state index in [9.17, 15) is 13.6 Å². The molecule has 4 rings (SSSR count). The highest BCUT2D eigenvalue weighted by Gasteiger charge is 2.85. The van der Waals surface area contributed by atoms with Gasteiger partial charge in [-0.3, -0.25) is 0 Å². The summed E-state index contributed by atoms with van der Waals surface area (Å²) in [5, 5.41) is 0. The van der Waals surface area contributed by atoms with E-state index in [0.29, 0.717) is 24.2 Å². The van der Waals surface area contributed by atoms with Gasteiger partial charge in [0.2, 0.25) is 0 Å². The maximum Gasteiger partial charge on any atom is 0.376 e. The molecule has 16 heavy (non-hydrogen) atoms. The Kier molecular flexibility index (Phi) is 1.34. The largest absolute Gasteiger partial charge is 0.457 e. The Morgan fingerprint density at radius 3 is 2.25 bits per heavy atom. The summed E-state index contributed by atoms with van der Waals surface area (Å²) >= 11 is 0. The first-order chi connectivity index (χ1) is 7.45. The van der Waals surface area contributed by atoms with Crippen molar-refractivity contribution in [2.45, 2.75) is 38.2 Å². The summed E-state index contributed by atoms with van der Waals surface area (Å²) in [4.78, 5) is 11.1. The molecule has 4 saturated carbocycles. The van der Waals surface area contributed by atoms with Gasteiger partial charge in [-0.05, 0) is 36.5 Å². The number of hydrogen-bond acceptors (Lipinski definition) is 2. The van der Waals surface area contributed by atoms with Gasteiger partial charge in [0.1, 0.15) is 6.10 Å². The second-order valence-electron chi connectivity index (χ2n) is 6.07. The van der Waals surface area contributed by atoms with Crippen LogP contribution in [-0.4, -0.2) is 18.0 Å². The molecule has 0 bridgehead atoms. The number of carbonyl (C=O) groups is 1. The lowest BCUT2D eigenvalue weighted by molar-refractivity contribution is -0.421. The van der Waals surface area contributed by atoms with Crippen LogP contribution in [-0.2, 0) is 9.53 Å². The molecule has 4 fully saturated rings. The minimum Gasteiger partial charge on any atom is -0.457 e. The fourth-order valence-electron chi connectivity index (χ4n) is 5.10. The summed E-state index contributed by atoms with van der Waals surface area (Å²) < 4.78 is 30.5. The zero-order chi connectivity index (χ0) is 11.3. The second-order valence-corrected chi connectivity index (χ2v) is 6.07. The molecule has 0 amide bonds. The van der Waals surface area contributed by atoms with Gasteiger partial charge in [0.25, 0.3) is 0 Å². The minimum atomic E-state index is -3.34. The van der Waals surface area contributed by atoms with Crippen molar-refractivity contribution in [2.75, 3.05) is 0 Å². The molecule has 4 heteroatoms. The van der Waals surface area contributed by atoms with Crippen molar-refractivity contribution in [2.24, 2.45) is 29.1 Å². The summed E-state index contributed by atoms with van der Waals surface area (Å²) in [6.45, 7) is 0.611. The van der Waals surface area contributed by atoms with Crippen LogP contribution in [0.2, 0.25) is 0 Å². The van der Waals surface area contributed by atoms with Crippen molar-refractivity contribution in [1.29, 1.82) is 0 Å². The van der Waals surface area contributed by atoms with Crippen LogP contribution in [0, 0.1) is 29.1 Å². The van der Waals surface area contributed by atoms with E-state index in [0.717, 1.165) is 24.7 Å². The zero-order valence-electron chi connectivity index (χ0n) is 9.08. The molecule has 0 aliphatic heterocycles. The molecule has 4 atom stereocenters. The SMILES string of the molecule is CC(F)(F)C(=O)OC1C2CC3CC4CC1C342. The standard InChI is InChI=1S/C12H14F2O2/c1-11(13,14)10(15)16-9-7-3-5-2-6-4-8(9)12(5,6)7/h5-9H,2-4H2,1H3. The maximum atomic E-state index is 12.7. The molecule has 0 saturated heterocycles. The first kappa shape index (κ1) is 9.37. The van der Waals surface area contributed by atoms with Gasteiger partial charge >= 0.3 is 11.9 Å². The fourth-order valence-corrected chi connectivity index (χ4v) is 5.10. The smallest absolute Gasteiger partial charge is 0.376 e. The first-order valence-electron chi connectivity index (χ1n) is 6.04. The molecule has 0 aromatic heterocycles. The Morgan fingerprint density at radius 2 is 1.81 bits per heavy atom. The highest BCUT2D eigenvalue weighted by molar-refractivity contribution is 5.77. The van der Waals surface area contributed by atoms with E-state index in [1.165, 1.54) is 6.42 Å². The van der Waals surface area contributed by atoms with Gasteiger partial charge in [0.15, 0.2) is 0 Å². The highest BCUT2D eigenvalue weighted by atomic mass is 19.3. The maximum absolute atomic E-state index is 12.7. The average Bonchev–Trinajstić information content (AvgIpc) is 2.05. The molecule has 1 spiro atoms. The van der Waals surface area contributed by atoms with Gasteiger partial charge in [-0.25, -0.2) is 4.79 Å². The molecule has 0 aromatic carbocycles. The summed E-state index contributed by atoms with van der Waals surface area (Å²) in [5.74, 6) is -2.17. The second kappa shape index (κ2) is 2.29. The normalized spacial score (nSPS) is 55.6. The van der Waals surface area contributed by atoms with Gasteiger partial charge in [0, 0.05) is 18.8 Å². The van der Waals surface area contributed by atoms with E-state index in [2.05, 4.69) is 0 Å². The summed E-state index contributed by atoms with van der Waals surface area (Å²) in [5.41, 5.74) is 0.466. The van der Waals surface area contributed by atoms with Crippen molar-refractivity contribution in [3.05, 3.63) is 0 Å². The molecule has 4 aliphatic carbocycles. The Morgan fingerprint density at radius 1 is 1.25 bits per heavy atom. The zero-order valence-corrected chi connectivity index (χ0v) is 9.08. The van der Waals surface area contributed by atoms with Crippen molar-refractivity contribution in [1.82, 2.24) is 0 Å². The molecule has 0 heterocycles. The first-order valence-corrected chi connectivity index (χ1v) is 6.04. The van der Waals surface area contributed by atoms with Crippen LogP contribution in [0.3, 0.4) is 0 Å². The molecule has 4 aliphatic rings. The molecule has 0 aromatic rings. The van der Waals surface area contributed by atoms with Crippen molar-refractivity contribution >= 4 is 5.97 Å². The summed E-state index contributed by atoms with van der Waals surface area (Å²) in [6.07, 6.45) is 3.34. The molecular weight excluding hydrogens is 214 g/mol. The molecule has 0 radical (unpaired) electrons. The summed E-state index contributed by atoms with van der Waals surface area (Å²) in [6, 6.07) is 0. The number of esters is 1. The number of rotatable bonds is 2. The minimum absolute atomic E-state index is 0.189. The Bertz CT molecular complexity index is 365. The van der Waals surface area contributed by atoms with Gasteiger partial charge in [-0.1, -0.05) is 0 Å². The van der Waals surface area contributed by atoms with E-state index < -0.39 is 11.9 Å². The topological polar surface area (TPSA) is 26.3 Å². The van der Waals surface area contributed by atoms with E-state index in [1.54, 1.807) is 0 Å². The quantitative estimate of drug-likeness (QED) is 0.677. The number of carbonyl (C=O) groups excluding carboxylic acids is 1. The number of alkyl halides is 2. The highest BCUT2D eigenvalue weighted by Crippen LogP contribution is 2.87. The molecule has 4 unspecified atom stereocenters. The van der Waals surface area contributed by atoms with E-state index in [1.807, 2.05) is 0 Å². The third-order valence-corrected chi connectivity index (χ3v) is 5.74. The third kappa shape index (κ3) is 0.713. The third-order valence-electron chi connectivity index (χ3n) is 5.74. The Labute approximate surface area is 92.3 Å². The van der Waals surface area contributed by atoms with Gasteiger partial charge in [-0.2, -0.15) is 8.78 Å². The van der Waals surface area contributed by atoms with Crippen LogP contribution in [0.1, 0.15) is 26.2 Å².